The van der Waals surface area contributed by atoms with Crippen molar-refractivity contribution in [1.82, 2.24) is 5.32 Å². The SMILES string of the molecule is CC(=O)NC[C@H](C)CCC1=C(C)[C@@H]2[C@H](C[C@@H]3[C@@H]4CC=C5C[C@@H](O)CC[C@]5(C)[C@@H]4CC[C@@]32C)O1. The van der Waals surface area contributed by atoms with Gasteiger partial charge < -0.3 is 15.2 Å². The van der Waals surface area contributed by atoms with Crippen molar-refractivity contribution in [2.24, 2.45) is 40.4 Å². The van der Waals surface area contributed by atoms with Crippen molar-refractivity contribution in [3.63, 3.8) is 0 Å². The van der Waals surface area contributed by atoms with E-state index in [4.69, 9.17) is 4.74 Å². The molecule has 0 aromatic rings. The molecule has 4 aliphatic carbocycles. The normalized spacial score (nSPS) is 44.7. The van der Waals surface area contributed by atoms with Gasteiger partial charge in [0.2, 0.25) is 5.91 Å². The van der Waals surface area contributed by atoms with E-state index in [1.165, 1.54) is 37.0 Å². The summed E-state index contributed by atoms with van der Waals surface area (Å²) in [5.41, 5.74) is 3.75. The molecule has 0 aromatic heterocycles. The second kappa shape index (κ2) is 8.43. The van der Waals surface area contributed by atoms with E-state index in [-0.39, 0.29) is 12.0 Å². The largest absolute Gasteiger partial charge is 0.494 e. The Hall–Kier alpha value is -1.29. The Labute approximate surface area is 200 Å². The number of aliphatic hydroxyl groups excluding tert-OH is 1. The number of allylic oxidation sites excluding steroid dienone is 2. The maximum Gasteiger partial charge on any atom is 0.216 e. The standard InChI is InChI=1S/C29H45NO3/c1-17(16-30-19(3)31)6-9-25-18(2)27-26(33-25)15-24-22-8-7-20-14-21(32)10-12-28(20,4)23(22)11-13-29(24,27)5/h7,17,21-24,26-27,32H,6,8-16H2,1-5H3,(H,30,31)/t17-,21+,22-,23-,24-,26+,27-,28+,29+/m1/s1. The molecular weight excluding hydrogens is 410 g/mol. The first kappa shape index (κ1) is 23.5. The van der Waals surface area contributed by atoms with Gasteiger partial charge in [-0.05, 0) is 98.4 Å². The molecule has 1 aliphatic heterocycles. The molecule has 0 saturated heterocycles. The van der Waals surface area contributed by atoms with E-state index < -0.39 is 0 Å². The molecule has 3 saturated carbocycles. The maximum atomic E-state index is 11.2. The summed E-state index contributed by atoms with van der Waals surface area (Å²) >= 11 is 0. The number of nitrogens with one attached hydrogen (secondary N) is 1. The number of hydrogen-bond acceptors (Lipinski definition) is 3. The fourth-order valence-electron chi connectivity index (χ4n) is 9.02. The van der Waals surface area contributed by atoms with Crippen LogP contribution in [0.15, 0.2) is 23.0 Å². The zero-order valence-corrected chi connectivity index (χ0v) is 21.5. The highest BCUT2D eigenvalue weighted by atomic mass is 16.5. The molecule has 4 nitrogen and oxygen atoms in total. The first-order valence-corrected chi connectivity index (χ1v) is 13.6. The Kier molecular flexibility index (Phi) is 5.99. The highest BCUT2D eigenvalue weighted by molar-refractivity contribution is 5.72. The van der Waals surface area contributed by atoms with Crippen LogP contribution in [0.2, 0.25) is 0 Å². The minimum atomic E-state index is -0.124. The van der Waals surface area contributed by atoms with E-state index in [1.54, 1.807) is 12.5 Å². The zero-order valence-electron chi connectivity index (χ0n) is 21.5. The summed E-state index contributed by atoms with van der Waals surface area (Å²) in [6.07, 6.45) is 13.0. The van der Waals surface area contributed by atoms with E-state index in [1.807, 2.05) is 0 Å². The van der Waals surface area contributed by atoms with Crippen LogP contribution in [0.5, 0.6) is 0 Å². The molecule has 184 valence electrons. The van der Waals surface area contributed by atoms with Crippen molar-refractivity contribution in [2.45, 2.75) is 105 Å². The molecule has 1 heterocycles. The second-order valence-corrected chi connectivity index (χ2v) is 12.8. The molecule has 5 rings (SSSR count). The molecule has 0 bridgehead atoms. The lowest BCUT2D eigenvalue weighted by Gasteiger charge is -2.57. The Morgan fingerprint density at radius 2 is 2.06 bits per heavy atom. The van der Waals surface area contributed by atoms with Crippen LogP contribution < -0.4 is 5.32 Å². The van der Waals surface area contributed by atoms with Crippen LogP contribution in [-0.4, -0.2) is 29.8 Å². The van der Waals surface area contributed by atoms with Gasteiger partial charge in [0.25, 0.3) is 0 Å². The molecule has 0 aromatic carbocycles. The Morgan fingerprint density at radius 1 is 1.27 bits per heavy atom. The number of amides is 1. The van der Waals surface area contributed by atoms with E-state index in [0.717, 1.165) is 56.4 Å². The Bertz CT molecular complexity index is 861. The smallest absolute Gasteiger partial charge is 0.216 e. The third-order valence-electron chi connectivity index (χ3n) is 10.8. The lowest BCUT2D eigenvalue weighted by molar-refractivity contribution is -0.119. The number of fused-ring (bicyclic) bond motifs is 7. The van der Waals surface area contributed by atoms with Gasteiger partial charge in [-0.3, -0.25) is 4.79 Å². The molecular formula is C29H45NO3. The summed E-state index contributed by atoms with van der Waals surface area (Å²) in [6.45, 7) is 12.0. The van der Waals surface area contributed by atoms with Crippen molar-refractivity contribution in [1.29, 1.82) is 0 Å². The molecule has 4 heteroatoms. The van der Waals surface area contributed by atoms with Gasteiger partial charge in [0.05, 0.1) is 11.9 Å². The predicted molar refractivity (Wildman–Crippen MR) is 131 cm³/mol. The summed E-state index contributed by atoms with van der Waals surface area (Å²) in [7, 11) is 0. The average Bonchev–Trinajstić information content (AvgIpc) is 3.24. The molecule has 0 spiro atoms. The van der Waals surface area contributed by atoms with E-state index >= 15 is 0 Å². The van der Waals surface area contributed by atoms with Gasteiger partial charge in [-0.1, -0.05) is 32.4 Å². The van der Waals surface area contributed by atoms with E-state index in [0.29, 0.717) is 28.8 Å². The highest BCUT2D eigenvalue weighted by Gasteiger charge is 2.63. The van der Waals surface area contributed by atoms with Gasteiger partial charge in [0.1, 0.15) is 6.10 Å². The van der Waals surface area contributed by atoms with Crippen LogP contribution in [0.25, 0.3) is 0 Å². The lowest BCUT2D eigenvalue weighted by Crippen LogP contribution is -2.50. The van der Waals surface area contributed by atoms with Gasteiger partial charge in [0, 0.05) is 25.8 Å². The summed E-state index contributed by atoms with van der Waals surface area (Å²) in [6, 6.07) is 0. The second-order valence-electron chi connectivity index (χ2n) is 12.8. The van der Waals surface area contributed by atoms with Crippen molar-refractivity contribution in [3.8, 4) is 0 Å². The number of rotatable bonds is 5. The fraction of sp³-hybridized carbons (Fsp3) is 0.828. The van der Waals surface area contributed by atoms with Crippen LogP contribution in [0, 0.1) is 40.4 Å². The minimum absolute atomic E-state index is 0.0569. The summed E-state index contributed by atoms with van der Waals surface area (Å²) in [5.74, 6) is 4.66. The molecule has 0 unspecified atom stereocenters. The van der Waals surface area contributed by atoms with Crippen molar-refractivity contribution in [3.05, 3.63) is 23.0 Å². The van der Waals surface area contributed by atoms with Gasteiger partial charge in [-0.25, -0.2) is 0 Å². The first-order valence-electron chi connectivity index (χ1n) is 13.6. The Morgan fingerprint density at radius 3 is 2.82 bits per heavy atom. The number of ether oxygens (including phenoxy) is 1. The molecule has 2 N–H and O–H groups in total. The van der Waals surface area contributed by atoms with Gasteiger partial charge >= 0.3 is 0 Å². The summed E-state index contributed by atoms with van der Waals surface area (Å²) in [5, 5.41) is 13.2. The van der Waals surface area contributed by atoms with Crippen molar-refractivity contribution in [2.75, 3.05) is 6.54 Å². The zero-order chi connectivity index (χ0) is 23.5. The third-order valence-corrected chi connectivity index (χ3v) is 10.8. The first-order chi connectivity index (χ1) is 15.6. The monoisotopic (exact) mass is 455 g/mol. The van der Waals surface area contributed by atoms with Gasteiger partial charge in [0.15, 0.2) is 0 Å². The van der Waals surface area contributed by atoms with E-state index in [9.17, 15) is 9.90 Å². The fourth-order valence-corrected chi connectivity index (χ4v) is 9.02. The number of hydrogen-bond donors (Lipinski definition) is 2. The lowest BCUT2D eigenvalue weighted by atomic mass is 9.47. The van der Waals surface area contributed by atoms with Crippen molar-refractivity contribution >= 4 is 5.91 Å². The molecule has 9 atom stereocenters. The molecule has 33 heavy (non-hydrogen) atoms. The third kappa shape index (κ3) is 3.79. The number of carbonyl (C=O) groups excluding carboxylic acids is 1. The number of carbonyl (C=O) groups is 1. The highest BCUT2D eigenvalue weighted by Crippen LogP contribution is 2.68. The minimum Gasteiger partial charge on any atom is -0.494 e. The quantitative estimate of drug-likeness (QED) is 0.518. The predicted octanol–water partition coefficient (Wildman–Crippen LogP) is 5.76. The molecule has 0 radical (unpaired) electrons. The van der Waals surface area contributed by atoms with Crippen LogP contribution >= 0.6 is 0 Å². The van der Waals surface area contributed by atoms with Gasteiger partial charge in [-0.15, -0.1) is 0 Å². The van der Waals surface area contributed by atoms with Crippen LogP contribution in [0.4, 0.5) is 0 Å². The average molecular weight is 456 g/mol. The van der Waals surface area contributed by atoms with Crippen molar-refractivity contribution < 1.29 is 14.6 Å². The molecule has 3 fully saturated rings. The van der Waals surface area contributed by atoms with Crippen LogP contribution in [0.3, 0.4) is 0 Å². The van der Waals surface area contributed by atoms with Crippen LogP contribution in [-0.2, 0) is 9.53 Å². The topological polar surface area (TPSA) is 58.6 Å². The number of aliphatic hydroxyl groups is 1. The Balaban J connectivity index is 1.30. The summed E-state index contributed by atoms with van der Waals surface area (Å²) in [4.78, 5) is 11.2. The molecule has 5 aliphatic rings. The summed E-state index contributed by atoms with van der Waals surface area (Å²) < 4.78 is 6.70. The van der Waals surface area contributed by atoms with Crippen LogP contribution in [0.1, 0.15) is 92.4 Å². The van der Waals surface area contributed by atoms with E-state index in [2.05, 4.69) is 39.1 Å². The maximum absolute atomic E-state index is 11.2. The van der Waals surface area contributed by atoms with Gasteiger partial charge in [-0.2, -0.15) is 0 Å². The molecule has 1 amide bonds.